The summed E-state index contributed by atoms with van der Waals surface area (Å²) in [6, 6.07) is 8.57. The zero-order valence-electron chi connectivity index (χ0n) is 10.3. The van der Waals surface area contributed by atoms with Crippen LogP contribution in [0.15, 0.2) is 42.7 Å². The monoisotopic (exact) mass is 273 g/mol. The van der Waals surface area contributed by atoms with Crippen LogP contribution in [0.2, 0.25) is 0 Å². The molecule has 0 spiro atoms. The standard InChI is InChI=1S/C14H12FN3S/c1-9(10-3-2-6-16-8-10)18-13-5-4-11(15)7-12(13)17-14(18)19/h2-9H,1H3,(H,17,19). The van der Waals surface area contributed by atoms with Crippen LogP contribution >= 0.6 is 12.2 Å². The van der Waals surface area contributed by atoms with Crippen molar-refractivity contribution >= 4 is 23.3 Å². The second-order valence-electron chi connectivity index (χ2n) is 4.42. The van der Waals surface area contributed by atoms with Crippen LogP contribution in [-0.2, 0) is 0 Å². The number of aromatic amines is 1. The molecule has 0 aliphatic carbocycles. The second kappa shape index (κ2) is 4.59. The van der Waals surface area contributed by atoms with Crippen molar-refractivity contribution in [1.29, 1.82) is 0 Å². The molecule has 3 rings (SSSR count). The van der Waals surface area contributed by atoms with Gasteiger partial charge in [0.25, 0.3) is 0 Å². The molecule has 0 radical (unpaired) electrons. The maximum Gasteiger partial charge on any atom is 0.178 e. The molecule has 0 saturated heterocycles. The minimum Gasteiger partial charge on any atom is -0.330 e. The summed E-state index contributed by atoms with van der Waals surface area (Å²) < 4.78 is 15.8. The molecule has 3 aromatic rings. The number of aromatic nitrogens is 3. The van der Waals surface area contributed by atoms with Gasteiger partial charge in [0.1, 0.15) is 5.82 Å². The topological polar surface area (TPSA) is 33.6 Å². The molecule has 0 amide bonds. The molecule has 96 valence electrons. The first kappa shape index (κ1) is 12.0. The van der Waals surface area contributed by atoms with Crippen LogP contribution in [0, 0.1) is 10.6 Å². The molecule has 0 aliphatic heterocycles. The van der Waals surface area contributed by atoms with Gasteiger partial charge in [-0.15, -0.1) is 0 Å². The lowest BCUT2D eigenvalue weighted by Gasteiger charge is -2.14. The van der Waals surface area contributed by atoms with E-state index in [-0.39, 0.29) is 11.9 Å². The lowest BCUT2D eigenvalue weighted by atomic mass is 10.1. The summed E-state index contributed by atoms with van der Waals surface area (Å²) in [4.78, 5) is 7.16. The third-order valence-electron chi connectivity index (χ3n) is 3.23. The third kappa shape index (κ3) is 2.06. The summed E-state index contributed by atoms with van der Waals surface area (Å²) in [5.74, 6) is -0.273. The van der Waals surface area contributed by atoms with Crippen molar-refractivity contribution in [1.82, 2.24) is 14.5 Å². The molecule has 1 unspecified atom stereocenters. The van der Waals surface area contributed by atoms with Gasteiger partial charge in [0.15, 0.2) is 4.77 Å². The molecule has 0 saturated carbocycles. The molecule has 0 aliphatic rings. The second-order valence-corrected chi connectivity index (χ2v) is 4.81. The van der Waals surface area contributed by atoms with Gasteiger partial charge >= 0.3 is 0 Å². The van der Waals surface area contributed by atoms with E-state index in [0.717, 1.165) is 11.1 Å². The van der Waals surface area contributed by atoms with Crippen LogP contribution in [-0.4, -0.2) is 14.5 Å². The van der Waals surface area contributed by atoms with Crippen molar-refractivity contribution in [3.8, 4) is 0 Å². The number of rotatable bonds is 2. The fourth-order valence-corrected chi connectivity index (χ4v) is 2.63. The van der Waals surface area contributed by atoms with Gasteiger partial charge in [-0.3, -0.25) is 4.98 Å². The first-order valence-corrected chi connectivity index (χ1v) is 6.37. The predicted octanol–water partition coefficient (Wildman–Crippen LogP) is 3.84. The lowest BCUT2D eigenvalue weighted by molar-refractivity contribution is 0.628. The first-order chi connectivity index (χ1) is 9.16. The predicted molar refractivity (Wildman–Crippen MR) is 75.1 cm³/mol. The number of H-pyrrole nitrogens is 1. The fraction of sp³-hybridized carbons (Fsp3) is 0.143. The molecule has 0 bridgehead atoms. The van der Waals surface area contributed by atoms with Gasteiger partial charge in [-0.25, -0.2) is 4.39 Å². The number of fused-ring (bicyclic) bond motifs is 1. The van der Waals surface area contributed by atoms with Crippen molar-refractivity contribution in [2.75, 3.05) is 0 Å². The van der Waals surface area contributed by atoms with E-state index in [1.165, 1.54) is 12.1 Å². The van der Waals surface area contributed by atoms with E-state index in [1.54, 1.807) is 12.3 Å². The highest BCUT2D eigenvalue weighted by atomic mass is 32.1. The molecular weight excluding hydrogens is 261 g/mol. The van der Waals surface area contributed by atoms with Crippen molar-refractivity contribution in [2.45, 2.75) is 13.0 Å². The van der Waals surface area contributed by atoms with Crippen LogP contribution < -0.4 is 0 Å². The molecule has 1 atom stereocenters. The van der Waals surface area contributed by atoms with E-state index in [1.807, 2.05) is 29.8 Å². The summed E-state index contributed by atoms with van der Waals surface area (Å²) in [5, 5.41) is 0. The molecule has 2 aromatic heterocycles. The van der Waals surface area contributed by atoms with Crippen LogP contribution in [0.1, 0.15) is 18.5 Å². The zero-order chi connectivity index (χ0) is 13.4. The summed E-state index contributed by atoms with van der Waals surface area (Å²) in [6.45, 7) is 2.05. The average molecular weight is 273 g/mol. The van der Waals surface area contributed by atoms with Gasteiger partial charge in [-0.1, -0.05) is 6.07 Å². The number of hydrogen-bond donors (Lipinski definition) is 1. The van der Waals surface area contributed by atoms with E-state index in [2.05, 4.69) is 9.97 Å². The quantitative estimate of drug-likeness (QED) is 0.720. The van der Waals surface area contributed by atoms with Crippen molar-refractivity contribution in [3.63, 3.8) is 0 Å². The Hall–Kier alpha value is -2.01. The maximum atomic E-state index is 13.2. The van der Waals surface area contributed by atoms with E-state index in [4.69, 9.17) is 12.2 Å². The normalized spacial score (nSPS) is 12.7. The molecule has 19 heavy (non-hydrogen) atoms. The van der Waals surface area contributed by atoms with Gasteiger partial charge in [-0.05, 0) is 49.0 Å². The fourth-order valence-electron chi connectivity index (χ4n) is 2.26. The molecule has 1 aromatic carbocycles. The number of nitrogens with zero attached hydrogens (tertiary/aromatic N) is 2. The first-order valence-electron chi connectivity index (χ1n) is 5.96. The number of benzene rings is 1. The smallest absolute Gasteiger partial charge is 0.178 e. The highest BCUT2D eigenvalue weighted by Gasteiger charge is 2.13. The van der Waals surface area contributed by atoms with E-state index < -0.39 is 0 Å². The molecule has 3 nitrogen and oxygen atoms in total. The van der Waals surface area contributed by atoms with Gasteiger partial charge < -0.3 is 9.55 Å². The Kier molecular flexibility index (Phi) is 2.91. The Labute approximate surface area is 114 Å². The van der Waals surface area contributed by atoms with Crippen molar-refractivity contribution in [2.24, 2.45) is 0 Å². The minimum atomic E-state index is -0.273. The SMILES string of the molecule is CC(c1cccnc1)n1c(=S)[nH]c2cc(F)ccc21. The summed E-state index contributed by atoms with van der Waals surface area (Å²) >= 11 is 5.34. The van der Waals surface area contributed by atoms with Gasteiger partial charge in [0.05, 0.1) is 17.1 Å². The van der Waals surface area contributed by atoms with Crippen LogP contribution in [0.4, 0.5) is 4.39 Å². The van der Waals surface area contributed by atoms with Crippen LogP contribution in [0.3, 0.4) is 0 Å². The summed E-state index contributed by atoms with van der Waals surface area (Å²) in [6.07, 6.45) is 3.55. The summed E-state index contributed by atoms with van der Waals surface area (Å²) in [5.41, 5.74) is 2.66. The Morgan fingerprint density at radius 2 is 2.21 bits per heavy atom. The number of imidazole rings is 1. The lowest BCUT2D eigenvalue weighted by Crippen LogP contribution is -2.06. The van der Waals surface area contributed by atoms with Crippen molar-refractivity contribution in [3.05, 3.63) is 58.9 Å². The molecule has 5 heteroatoms. The third-order valence-corrected chi connectivity index (χ3v) is 3.53. The van der Waals surface area contributed by atoms with E-state index >= 15 is 0 Å². The average Bonchev–Trinajstić information content (AvgIpc) is 2.74. The van der Waals surface area contributed by atoms with Crippen LogP contribution in [0.5, 0.6) is 0 Å². The maximum absolute atomic E-state index is 13.2. The van der Waals surface area contributed by atoms with Crippen molar-refractivity contribution < 1.29 is 4.39 Å². The molecule has 2 heterocycles. The highest BCUT2D eigenvalue weighted by Crippen LogP contribution is 2.24. The zero-order valence-corrected chi connectivity index (χ0v) is 11.1. The Bertz CT molecular complexity index is 776. The van der Waals surface area contributed by atoms with E-state index in [9.17, 15) is 4.39 Å². The minimum absolute atomic E-state index is 0.0420. The highest BCUT2D eigenvalue weighted by molar-refractivity contribution is 7.71. The number of halogens is 1. The Morgan fingerprint density at radius 3 is 2.95 bits per heavy atom. The largest absolute Gasteiger partial charge is 0.330 e. The van der Waals surface area contributed by atoms with Crippen LogP contribution in [0.25, 0.3) is 11.0 Å². The van der Waals surface area contributed by atoms with Gasteiger partial charge in [0.2, 0.25) is 0 Å². The van der Waals surface area contributed by atoms with Gasteiger partial charge in [-0.2, -0.15) is 0 Å². The molecule has 0 fully saturated rings. The number of nitrogens with one attached hydrogen (secondary N) is 1. The molecular formula is C14H12FN3S. The number of hydrogen-bond acceptors (Lipinski definition) is 2. The van der Waals surface area contributed by atoms with Gasteiger partial charge in [0, 0.05) is 12.4 Å². The molecule has 1 N–H and O–H groups in total. The summed E-state index contributed by atoms with van der Waals surface area (Å²) in [7, 11) is 0. The Balaban J connectivity index is 2.20. The number of pyridine rings is 1. The Morgan fingerprint density at radius 1 is 1.37 bits per heavy atom. The van der Waals surface area contributed by atoms with E-state index in [0.29, 0.717) is 10.3 Å².